The van der Waals surface area contributed by atoms with E-state index in [1.54, 1.807) is 4.90 Å². The van der Waals surface area contributed by atoms with Crippen LogP contribution in [0.5, 0.6) is 11.5 Å². The fourth-order valence-corrected chi connectivity index (χ4v) is 5.34. The first-order chi connectivity index (χ1) is 17.3. The number of nitrogens with zero attached hydrogens (tertiary/aromatic N) is 2. The molecule has 2 aliphatic rings. The first kappa shape index (κ1) is 23.8. The Kier molecular flexibility index (Phi) is 6.10. The van der Waals surface area contributed by atoms with Crippen molar-refractivity contribution in [3.8, 4) is 11.5 Å². The summed E-state index contributed by atoms with van der Waals surface area (Å²) in [5.74, 6) is -0.111. The van der Waals surface area contributed by atoms with Gasteiger partial charge in [-0.3, -0.25) is 19.8 Å². The Morgan fingerprint density at radius 3 is 2.47 bits per heavy atom. The molecule has 0 unspecified atom stereocenters. The van der Waals surface area contributed by atoms with E-state index < -0.39 is 20.8 Å². The van der Waals surface area contributed by atoms with Crippen LogP contribution in [0.15, 0.2) is 77.7 Å². The predicted octanol–water partition coefficient (Wildman–Crippen LogP) is 3.90. The van der Waals surface area contributed by atoms with Gasteiger partial charge in [-0.05, 0) is 23.8 Å². The molecule has 0 atom stereocenters. The third kappa shape index (κ3) is 4.50. The predicted molar refractivity (Wildman–Crippen MR) is 127 cm³/mol. The molecule has 3 aromatic rings. The van der Waals surface area contributed by atoms with Crippen molar-refractivity contribution in [2.75, 3.05) is 13.2 Å². The molecule has 1 saturated heterocycles. The fraction of sp³-hybridized carbons (Fsp3) is 0.240. The molecular formula is C25H22N2O8S. The van der Waals surface area contributed by atoms with E-state index in [-0.39, 0.29) is 33.6 Å². The summed E-state index contributed by atoms with van der Waals surface area (Å²) in [7, 11) is -4.37. The number of rotatable bonds is 6. The number of non-ortho nitro benzene ring substituents is 1. The highest BCUT2D eigenvalue weighted by atomic mass is 32.2. The summed E-state index contributed by atoms with van der Waals surface area (Å²) in [5.41, 5.74) is -0.0932. The molecule has 10 nitrogen and oxygen atoms in total. The number of hydrogen-bond acceptors (Lipinski definition) is 8. The van der Waals surface area contributed by atoms with Crippen molar-refractivity contribution in [1.82, 2.24) is 4.90 Å². The smallest absolute Gasteiger partial charge is 0.339 e. The number of nitro groups is 1. The maximum Gasteiger partial charge on any atom is 0.339 e. The van der Waals surface area contributed by atoms with Crippen LogP contribution in [0.1, 0.15) is 28.8 Å². The van der Waals surface area contributed by atoms with Crippen molar-refractivity contribution < 1.29 is 31.8 Å². The van der Waals surface area contributed by atoms with E-state index in [9.17, 15) is 23.3 Å². The van der Waals surface area contributed by atoms with E-state index in [1.165, 1.54) is 36.4 Å². The number of carbonyl (C=O) groups is 1. The summed E-state index contributed by atoms with van der Waals surface area (Å²) >= 11 is 0. The molecule has 0 bridgehead atoms. The average Bonchev–Trinajstić information content (AvgIpc) is 2.87. The molecule has 0 aromatic heterocycles. The third-order valence-electron chi connectivity index (χ3n) is 6.20. The maximum atomic E-state index is 13.6. The van der Waals surface area contributed by atoms with Crippen LogP contribution in [-0.2, 0) is 21.4 Å². The number of fused-ring (bicyclic) bond motifs is 1. The zero-order valence-corrected chi connectivity index (χ0v) is 19.8. The molecule has 5 rings (SSSR count). The van der Waals surface area contributed by atoms with Crippen LogP contribution < -0.4 is 8.92 Å². The van der Waals surface area contributed by atoms with Crippen LogP contribution in [0.4, 0.5) is 5.69 Å². The van der Waals surface area contributed by atoms with E-state index in [0.717, 1.165) is 11.6 Å². The van der Waals surface area contributed by atoms with Crippen LogP contribution in [0.3, 0.4) is 0 Å². The number of amides is 1. The second-order valence-electron chi connectivity index (χ2n) is 8.49. The second kappa shape index (κ2) is 9.25. The summed E-state index contributed by atoms with van der Waals surface area (Å²) in [4.78, 5) is 25.3. The van der Waals surface area contributed by atoms with Crippen molar-refractivity contribution in [3.63, 3.8) is 0 Å². The molecular weight excluding hydrogens is 488 g/mol. The monoisotopic (exact) mass is 510 g/mol. The summed E-state index contributed by atoms with van der Waals surface area (Å²) in [6, 6.07) is 18.3. The van der Waals surface area contributed by atoms with Gasteiger partial charge in [-0.15, -0.1) is 0 Å². The van der Waals surface area contributed by atoms with E-state index in [2.05, 4.69) is 0 Å². The highest BCUT2D eigenvalue weighted by Crippen LogP contribution is 2.41. The Hall–Kier alpha value is -3.96. The SMILES string of the molecule is O=C1c2ccc(OS(=O)(=O)c3cccc([N+](=O)[O-])c3)cc2OC2(CCOCC2)N1Cc1ccccc1. The van der Waals surface area contributed by atoms with E-state index in [1.807, 2.05) is 30.3 Å². The van der Waals surface area contributed by atoms with Crippen LogP contribution in [0, 0.1) is 10.1 Å². The first-order valence-electron chi connectivity index (χ1n) is 11.2. The van der Waals surface area contributed by atoms with Crippen LogP contribution in [-0.4, -0.2) is 43.1 Å². The van der Waals surface area contributed by atoms with Gasteiger partial charge in [-0.25, -0.2) is 0 Å². The number of ether oxygens (including phenoxy) is 2. The second-order valence-corrected chi connectivity index (χ2v) is 10.0. The van der Waals surface area contributed by atoms with Crippen molar-refractivity contribution in [2.24, 2.45) is 0 Å². The van der Waals surface area contributed by atoms with Gasteiger partial charge < -0.3 is 13.7 Å². The molecule has 2 heterocycles. The highest BCUT2D eigenvalue weighted by molar-refractivity contribution is 7.87. The minimum Gasteiger partial charge on any atom is -0.467 e. The lowest BCUT2D eigenvalue weighted by atomic mass is 9.96. The normalized spacial score (nSPS) is 16.8. The van der Waals surface area contributed by atoms with Crippen LogP contribution in [0.25, 0.3) is 0 Å². The van der Waals surface area contributed by atoms with Gasteiger partial charge in [-0.1, -0.05) is 36.4 Å². The molecule has 1 fully saturated rings. The first-order valence-corrected chi connectivity index (χ1v) is 12.6. The highest BCUT2D eigenvalue weighted by Gasteiger charge is 2.48. The van der Waals surface area contributed by atoms with Crippen molar-refractivity contribution in [3.05, 3.63) is 94.0 Å². The standard InChI is InChI=1S/C25H22N2O8S/c28-24-22-10-9-20(35-36(31,32)21-8-4-7-19(15-21)27(29)30)16-23(22)34-25(11-13-33-14-12-25)26(24)17-18-5-2-1-3-6-18/h1-10,15-16H,11-14,17H2. The Labute approximate surface area is 207 Å². The number of hydrogen-bond donors (Lipinski definition) is 0. The van der Waals surface area contributed by atoms with Gasteiger partial charge in [0, 0.05) is 37.6 Å². The summed E-state index contributed by atoms with van der Waals surface area (Å²) in [6.07, 6.45) is 0.893. The minimum atomic E-state index is -4.37. The van der Waals surface area contributed by atoms with Gasteiger partial charge in [0.1, 0.15) is 16.4 Å². The zero-order valence-electron chi connectivity index (χ0n) is 19.0. The summed E-state index contributed by atoms with van der Waals surface area (Å²) in [6.45, 7) is 1.16. The third-order valence-corrected chi connectivity index (χ3v) is 7.44. The number of carbonyl (C=O) groups excluding carboxylic acids is 1. The lowest BCUT2D eigenvalue weighted by Gasteiger charge is -2.48. The van der Waals surface area contributed by atoms with Crippen molar-refractivity contribution in [2.45, 2.75) is 30.0 Å². The lowest BCUT2D eigenvalue weighted by Crippen LogP contribution is -2.60. The zero-order chi connectivity index (χ0) is 25.3. The molecule has 2 aliphatic heterocycles. The largest absolute Gasteiger partial charge is 0.467 e. The fourth-order valence-electron chi connectivity index (χ4n) is 4.38. The molecule has 1 amide bonds. The van der Waals surface area contributed by atoms with Gasteiger partial charge in [0.25, 0.3) is 11.6 Å². The van der Waals surface area contributed by atoms with E-state index in [4.69, 9.17) is 13.7 Å². The maximum absolute atomic E-state index is 13.6. The van der Waals surface area contributed by atoms with Gasteiger partial charge in [-0.2, -0.15) is 8.42 Å². The van der Waals surface area contributed by atoms with Gasteiger partial charge >= 0.3 is 10.1 Å². The summed E-state index contributed by atoms with van der Waals surface area (Å²) in [5, 5.41) is 11.0. The molecule has 186 valence electrons. The van der Waals surface area contributed by atoms with Gasteiger partial charge in [0.2, 0.25) is 0 Å². The number of nitro benzene ring substituents is 1. The molecule has 0 radical (unpaired) electrons. The van der Waals surface area contributed by atoms with Gasteiger partial charge in [0.15, 0.2) is 5.72 Å². The Morgan fingerprint density at radius 2 is 1.75 bits per heavy atom. The van der Waals surface area contributed by atoms with E-state index in [0.29, 0.717) is 32.6 Å². The topological polar surface area (TPSA) is 125 Å². The molecule has 1 spiro atoms. The molecule has 3 aromatic carbocycles. The van der Waals surface area contributed by atoms with Gasteiger partial charge in [0.05, 0.1) is 23.7 Å². The summed E-state index contributed by atoms with van der Waals surface area (Å²) < 4.78 is 42.7. The Bertz CT molecular complexity index is 1420. The molecule has 11 heteroatoms. The molecule has 0 aliphatic carbocycles. The van der Waals surface area contributed by atoms with Crippen LogP contribution >= 0.6 is 0 Å². The molecule has 0 saturated carbocycles. The number of benzene rings is 3. The van der Waals surface area contributed by atoms with Crippen LogP contribution in [0.2, 0.25) is 0 Å². The Morgan fingerprint density at radius 1 is 1.00 bits per heavy atom. The van der Waals surface area contributed by atoms with Crippen molar-refractivity contribution >= 4 is 21.7 Å². The van der Waals surface area contributed by atoms with Crippen molar-refractivity contribution in [1.29, 1.82) is 0 Å². The minimum absolute atomic E-state index is 0.0771. The van der Waals surface area contributed by atoms with E-state index >= 15 is 0 Å². The molecule has 0 N–H and O–H groups in total. The Balaban J connectivity index is 1.46. The lowest BCUT2D eigenvalue weighted by molar-refractivity contribution is -0.385. The average molecular weight is 511 g/mol. The quantitative estimate of drug-likeness (QED) is 0.278. The molecule has 36 heavy (non-hydrogen) atoms.